The van der Waals surface area contributed by atoms with Crippen LogP contribution in [0.2, 0.25) is 0 Å². The Bertz CT molecular complexity index is 409. The van der Waals surface area contributed by atoms with E-state index in [9.17, 15) is 0 Å². The van der Waals surface area contributed by atoms with E-state index in [1.54, 1.807) is 12.3 Å². The zero-order chi connectivity index (χ0) is 9.10. The monoisotopic (exact) mass is 175 g/mol. The van der Waals surface area contributed by atoms with E-state index in [1.807, 2.05) is 24.3 Å². The molecule has 0 amide bonds. The van der Waals surface area contributed by atoms with Gasteiger partial charge in [-0.25, -0.2) is 0 Å². The van der Waals surface area contributed by atoms with E-state index < -0.39 is 0 Å². The summed E-state index contributed by atoms with van der Waals surface area (Å²) in [5.41, 5.74) is 0.900. The first-order chi connectivity index (χ1) is 6.42. The van der Waals surface area contributed by atoms with Gasteiger partial charge in [0.25, 0.3) is 0 Å². The first-order valence-electron chi connectivity index (χ1n) is 3.96. The second-order valence-corrected chi connectivity index (χ2v) is 2.58. The van der Waals surface area contributed by atoms with Crippen molar-refractivity contribution < 1.29 is 9.78 Å². The smallest absolute Gasteiger partial charge is 0.176 e. The van der Waals surface area contributed by atoms with Crippen molar-refractivity contribution in [2.75, 3.05) is 7.11 Å². The number of rotatable bonds is 2. The minimum Gasteiger partial charge on any atom is -0.337 e. The lowest BCUT2D eigenvalue weighted by Crippen LogP contribution is -1.91. The largest absolute Gasteiger partial charge is 0.337 e. The van der Waals surface area contributed by atoms with Gasteiger partial charge in [-0.05, 0) is 12.1 Å². The molecule has 0 fully saturated rings. The van der Waals surface area contributed by atoms with Crippen LogP contribution < -0.4 is 4.89 Å². The van der Waals surface area contributed by atoms with Crippen molar-refractivity contribution in [2.45, 2.75) is 0 Å². The van der Waals surface area contributed by atoms with E-state index in [-0.39, 0.29) is 0 Å². The van der Waals surface area contributed by atoms with Crippen molar-refractivity contribution in [2.24, 2.45) is 0 Å². The zero-order valence-corrected chi connectivity index (χ0v) is 7.23. The maximum atomic E-state index is 4.98. The molecule has 1 heterocycles. The molecule has 1 aromatic carbocycles. The second kappa shape index (κ2) is 3.41. The minimum atomic E-state index is 0.688. The summed E-state index contributed by atoms with van der Waals surface area (Å²) < 4.78 is 0. The summed E-state index contributed by atoms with van der Waals surface area (Å²) in [6.07, 6.45) is 1.69. The van der Waals surface area contributed by atoms with Crippen molar-refractivity contribution in [1.29, 1.82) is 0 Å². The summed E-state index contributed by atoms with van der Waals surface area (Å²) in [6, 6.07) is 9.51. The number of para-hydroxylation sites is 1. The standard InChI is InChI=1S/C10H9NO2/c1-12-13-10-6-7-11-9-5-3-2-4-8(9)10/h2-7H,1H3. The van der Waals surface area contributed by atoms with Crippen molar-refractivity contribution in [1.82, 2.24) is 4.98 Å². The Morgan fingerprint density at radius 1 is 1.15 bits per heavy atom. The molecule has 3 heteroatoms. The van der Waals surface area contributed by atoms with Crippen molar-refractivity contribution in [3.05, 3.63) is 36.5 Å². The normalized spacial score (nSPS) is 10.2. The van der Waals surface area contributed by atoms with Crippen LogP contribution in [0.4, 0.5) is 0 Å². The van der Waals surface area contributed by atoms with Crippen LogP contribution in [0.25, 0.3) is 10.9 Å². The zero-order valence-electron chi connectivity index (χ0n) is 7.23. The van der Waals surface area contributed by atoms with Crippen molar-refractivity contribution in [3.8, 4) is 5.75 Å². The van der Waals surface area contributed by atoms with Gasteiger partial charge in [-0.15, -0.1) is 0 Å². The highest BCUT2D eigenvalue weighted by Crippen LogP contribution is 2.22. The number of nitrogens with zero attached hydrogens (tertiary/aromatic N) is 1. The first-order valence-corrected chi connectivity index (χ1v) is 3.96. The lowest BCUT2D eigenvalue weighted by Gasteiger charge is -2.03. The number of aromatic nitrogens is 1. The predicted molar refractivity (Wildman–Crippen MR) is 49.4 cm³/mol. The van der Waals surface area contributed by atoms with E-state index in [0.29, 0.717) is 5.75 Å². The SMILES string of the molecule is COOc1ccnc2ccccc12. The van der Waals surface area contributed by atoms with Crippen LogP contribution in [-0.2, 0) is 4.89 Å². The Morgan fingerprint density at radius 2 is 2.00 bits per heavy atom. The van der Waals surface area contributed by atoms with E-state index in [4.69, 9.17) is 4.89 Å². The fourth-order valence-corrected chi connectivity index (χ4v) is 1.23. The molecule has 3 nitrogen and oxygen atoms in total. The molecule has 66 valence electrons. The third kappa shape index (κ3) is 1.46. The summed E-state index contributed by atoms with van der Waals surface area (Å²) in [6.45, 7) is 0. The van der Waals surface area contributed by atoms with Crippen LogP contribution in [0.5, 0.6) is 5.75 Å². The van der Waals surface area contributed by atoms with Gasteiger partial charge in [0.15, 0.2) is 5.75 Å². The average molecular weight is 175 g/mol. The number of fused-ring (bicyclic) bond motifs is 1. The van der Waals surface area contributed by atoms with Gasteiger partial charge in [0.05, 0.1) is 12.6 Å². The number of pyridine rings is 1. The molecule has 0 saturated heterocycles. The van der Waals surface area contributed by atoms with Crippen LogP contribution in [0.15, 0.2) is 36.5 Å². The molecule has 0 spiro atoms. The molecule has 0 aliphatic carbocycles. The van der Waals surface area contributed by atoms with E-state index >= 15 is 0 Å². The van der Waals surface area contributed by atoms with Gasteiger partial charge in [-0.3, -0.25) is 4.98 Å². The maximum Gasteiger partial charge on any atom is 0.176 e. The fraction of sp³-hybridized carbons (Fsp3) is 0.100. The number of benzene rings is 1. The van der Waals surface area contributed by atoms with Crippen LogP contribution >= 0.6 is 0 Å². The van der Waals surface area contributed by atoms with Gasteiger partial charge in [0.2, 0.25) is 0 Å². The molecule has 0 saturated carbocycles. The average Bonchev–Trinajstić information content (AvgIpc) is 2.19. The molecule has 0 N–H and O–H groups in total. The molecule has 1 aromatic heterocycles. The fourth-order valence-electron chi connectivity index (χ4n) is 1.23. The summed E-state index contributed by atoms with van der Waals surface area (Å²) >= 11 is 0. The Kier molecular flexibility index (Phi) is 2.10. The van der Waals surface area contributed by atoms with Crippen LogP contribution in [0, 0.1) is 0 Å². The summed E-state index contributed by atoms with van der Waals surface area (Å²) in [7, 11) is 1.48. The molecule has 0 atom stereocenters. The van der Waals surface area contributed by atoms with Gasteiger partial charge in [-0.2, -0.15) is 4.89 Å². The Hall–Kier alpha value is -1.61. The molecule has 0 aliphatic heterocycles. The predicted octanol–water partition coefficient (Wildman–Crippen LogP) is 2.17. The van der Waals surface area contributed by atoms with Crippen LogP contribution in [-0.4, -0.2) is 12.1 Å². The highest BCUT2D eigenvalue weighted by molar-refractivity contribution is 5.84. The molecule has 0 aliphatic rings. The summed E-state index contributed by atoms with van der Waals surface area (Å²) in [5.74, 6) is 0.688. The summed E-state index contributed by atoms with van der Waals surface area (Å²) in [5, 5.41) is 0.951. The Balaban J connectivity index is 2.61. The Morgan fingerprint density at radius 3 is 2.85 bits per heavy atom. The highest BCUT2D eigenvalue weighted by Gasteiger charge is 2.01. The molecular formula is C10H9NO2. The van der Waals surface area contributed by atoms with Crippen LogP contribution in [0.3, 0.4) is 0 Å². The third-order valence-electron chi connectivity index (χ3n) is 1.78. The Labute approximate surface area is 75.9 Å². The molecular weight excluding hydrogens is 166 g/mol. The first kappa shape index (κ1) is 8.01. The van der Waals surface area contributed by atoms with Gasteiger partial charge >= 0.3 is 0 Å². The van der Waals surface area contributed by atoms with Crippen LogP contribution in [0.1, 0.15) is 0 Å². The molecule has 0 bridgehead atoms. The maximum absolute atomic E-state index is 4.98. The number of hydrogen-bond donors (Lipinski definition) is 0. The van der Waals surface area contributed by atoms with Gasteiger partial charge in [0.1, 0.15) is 0 Å². The van der Waals surface area contributed by atoms with E-state index in [0.717, 1.165) is 10.9 Å². The highest BCUT2D eigenvalue weighted by atomic mass is 17.2. The van der Waals surface area contributed by atoms with E-state index in [1.165, 1.54) is 7.11 Å². The van der Waals surface area contributed by atoms with Gasteiger partial charge in [0, 0.05) is 17.6 Å². The minimum absolute atomic E-state index is 0.688. The molecule has 2 aromatic rings. The van der Waals surface area contributed by atoms with E-state index in [2.05, 4.69) is 9.87 Å². The summed E-state index contributed by atoms with van der Waals surface area (Å²) in [4.78, 5) is 13.8. The number of hydrogen-bond acceptors (Lipinski definition) is 3. The van der Waals surface area contributed by atoms with Gasteiger partial charge < -0.3 is 4.89 Å². The van der Waals surface area contributed by atoms with Crippen molar-refractivity contribution in [3.63, 3.8) is 0 Å². The second-order valence-electron chi connectivity index (χ2n) is 2.58. The molecule has 0 unspecified atom stereocenters. The lowest BCUT2D eigenvalue weighted by atomic mass is 10.2. The molecule has 13 heavy (non-hydrogen) atoms. The molecule has 0 radical (unpaired) electrons. The third-order valence-corrected chi connectivity index (χ3v) is 1.78. The topological polar surface area (TPSA) is 31.4 Å². The van der Waals surface area contributed by atoms with Crippen molar-refractivity contribution >= 4 is 10.9 Å². The van der Waals surface area contributed by atoms with Gasteiger partial charge in [-0.1, -0.05) is 12.1 Å². The lowest BCUT2D eigenvalue weighted by molar-refractivity contribution is -0.176. The molecule has 2 rings (SSSR count). The quantitative estimate of drug-likeness (QED) is 0.517.